The zero-order valence-electron chi connectivity index (χ0n) is 35.5. The van der Waals surface area contributed by atoms with Crippen molar-refractivity contribution in [2.45, 2.75) is 90.4 Å². The SMILES string of the molecule is CC(C)(C)c1ccc(-c2ccc(N(c3ccc4c(c3)C(C)(C)c3ccccc3-4)c3ccc4c5ccccc5n(-c5ccc6c(c5)C(C)(C)CC6(C)C)c4c3)cc2)cc1. The maximum absolute atomic E-state index is 2.50. The summed E-state index contributed by atoms with van der Waals surface area (Å²) < 4.78 is 2.50. The molecule has 7 aromatic carbocycles. The Bertz CT molecular complexity index is 2910. The van der Waals surface area contributed by atoms with Crippen molar-refractivity contribution in [1.82, 2.24) is 4.57 Å². The van der Waals surface area contributed by atoms with Crippen molar-refractivity contribution in [3.05, 3.63) is 179 Å². The minimum Gasteiger partial charge on any atom is -0.310 e. The molecule has 0 saturated carbocycles. The van der Waals surface area contributed by atoms with Crippen LogP contribution in [0.1, 0.15) is 96.6 Å². The largest absolute Gasteiger partial charge is 0.310 e. The summed E-state index contributed by atoms with van der Waals surface area (Å²) in [5, 5.41) is 2.54. The summed E-state index contributed by atoms with van der Waals surface area (Å²) in [6, 6.07) is 57.5. The van der Waals surface area contributed by atoms with E-state index in [2.05, 4.69) is 223 Å². The van der Waals surface area contributed by atoms with Crippen molar-refractivity contribution in [2.24, 2.45) is 0 Å². The van der Waals surface area contributed by atoms with E-state index in [9.17, 15) is 0 Å². The van der Waals surface area contributed by atoms with Crippen molar-refractivity contribution in [3.8, 4) is 27.9 Å². The number of hydrogen-bond donors (Lipinski definition) is 0. The molecule has 0 unspecified atom stereocenters. The molecule has 10 rings (SSSR count). The Morgan fingerprint density at radius 3 is 1.79 bits per heavy atom. The topological polar surface area (TPSA) is 8.17 Å². The highest BCUT2D eigenvalue weighted by molar-refractivity contribution is 6.10. The average molecular weight is 755 g/mol. The van der Waals surface area contributed by atoms with Crippen LogP contribution in [0, 0.1) is 0 Å². The summed E-state index contributed by atoms with van der Waals surface area (Å²) >= 11 is 0. The van der Waals surface area contributed by atoms with Gasteiger partial charge in [-0.1, -0.05) is 159 Å². The summed E-state index contributed by atoms with van der Waals surface area (Å²) in [5.74, 6) is 0. The highest BCUT2D eigenvalue weighted by atomic mass is 15.1. The smallest absolute Gasteiger partial charge is 0.0561 e. The van der Waals surface area contributed by atoms with Gasteiger partial charge in [-0.15, -0.1) is 0 Å². The fraction of sp³-hybridized carbons (Fsp3) is 0.250. The Kier molecular flexibility index (Phi) is 7.90. The van der Waals surface area contributed by atoms with Crippen LogP contribution in [0.4, 0.5) is 17.1 Å². The van der Waals surface area contributed by atoms with Gasteiger partial charge in [-0.25, -0.2) is 0 Å². The van der Waals surface area contributed by atoms with E-state index in [-0.39, 0.29) is 21.7 Å². The molecule has 0 bridgehead atoms. The predicted molar refractivity (Wildman–Crippen MR) is 248 cm³/mol. The quantitative estimate of drug-likeness (QED) is 0.170. The molecular formula is C56H54N2. The van der Waals surface area contributed by atoms with Crippen LogP contribution in [0.25, 0.3) is 49.7 Å². The van der Waals surface area contributed by atoms with Gasteiger partial charge in [0, 0.05) is 38.9 Å². The van der Waals surface area contributed by atoms with Crippen LogP contribution in [0.5, 0.6) is 0 Å². The van der Waals surface area contributed by atoms with Crippen LogP contribution in [0.2, 0.25) is 0 Å². The molecular weight excluding hydrogens is 701 g/mol. The highest BCUT2D eigenvalue weighted by Crippen LogP contribution is 2.52. The first-order valence-electron chi connectivity index (χ1n) is 21.1. The molecule has 2 aliphatic carbocycles. The zero-order valence-corrected chi connectivity index (χ0v) is 35.5. The third-order valence-electron chi connectivity index (χ3n) is 13.6. The highest BCUT2D eigenvalue weighted by Gasteiger charge is 2.42. The number of anilines is 3. The van der Waals surface area contributed by atoms with Gasteiger partial charge in [0.1, 0.15) is 0 Å². The zero-order chi connectivity index (χ0) is 40.4. The van der Waals surface area contributed by atoms with Gasteiger partial charge in [-0.3, -0.25) is 0 Å². The Morgan fingerprint density at radius 1 is 0.466 bits per heavy atom. The van der Waals surface area contributed by atoms with Crippen LogP contribution in [0.15, 0.2) is 152 Å². The van der Waals surface area contributed by atoms with Crippen molar-refractivity contribution in [3.63, 3.8) is 0 Å². The monoisotopic (exact) mass is 754 g/mol. The van der Waals surface area contributed by atoms with Gasteiger partial charge in [0.05, 0.1) is 11.0 Å². The second kappa shape index (κ2) is 12.6. The molecule has 1 aromatic heterocycles. The lowest BCUT2D eigenvalue weighted by molar-refractivity contribution is 0.403. The number of nitrogens with zero attached hydrogens (tertiary/aromatic N) is 2. The number of benzene rings is 7. The lowest BCUT2D eigenvalue weighted by Crippen LogP contribution is -2.18. The number of hydrogen-bond acceptors (Lipinski definition) is 1. The number of rotatable bonds is 5. The van der Waals surface area contributed by atoms with Gasteiger partial charge in [0.2, 0.25) is 0 Å². The summed E-state index contributed by atoms with van der Waals surface area (Å²) in [4.78, 5) is 2.46. The van der Waals surface area contributed by atoms with Crippen molar-refractivity contribution >= 4 is 38.9 Å². The molecule has 1 heterocycles. The van der Waals surface area contributed by atoms with E-state index in [4.69, 9.17) is 0 Å². The van der Waals surface area contributed by atoms with E-state index in [1.54, 1.807) is 0 Å². The summed E-state index contributed by atoms with van der Waals surface area (Å²) in [6.07, 6.45) is 1.15. The summed E-state index contributed by atoms with van der Waals surface area (Å²) in [6.45, 7) is 21.2. The fourth-order valence-electron chi connectivity index (χ4n) is 10.7. The molecule has 58 heavy (non-hydrogen) atoms. The van der Waals surface area contributed by atoms with Crippen molar-refractivity contribution in [1.29, 1.82) is 0 Å². The predicted octanol–water partition coefficient (Wildman–Crippen LogP) is 15.5. The number of fused-ring (bicyclic) bond motifs is 7. The third-order valence-corrected chi connectivity index (χ3v) is 13.6. The normalized spacial score (nSPS) is 16.0. The first-order valence-corrected chi connectivity index (χ1v) is 21.1. The third kappa shape index (κ3) is 5.59. The molecule has 0 saturated heterocycles. The maximum Gasteiger partial charge on any atom is 0.0561 e. The standard InChI is InChI=1S/C56H54N2/c1-53(2,3)38-22-18-36(19-23-38)37-20-24-39(25-21-37)57(40-26-29-44-43-14-10-12-16-47(43)56(8,9)49(44)32-40)42-27-30-46-45-15-11-13-17-51(45)58(52(46)34-42)41-28-31-48-50(33-41)55(6,7)35-54(48,4)5/h10-34H,35H2,1-9H3. The van der Waals surface area contributed by atoms with E-state index in [1.807, 2.05) is 0 Å². The van der Waals surface area contributed by atoms with Gasteiger partial charge in [-0.05, 0) is 127 Å². The van der Waals surface area contributed by atoms with E-state index in [0.29, 0.717) is 0 Å². The van der Waals surface area contributed by atoms with Gasteiger partial charge < -0.3 is 9.47 Å². The Labute approximate surface area is 344 Å². The molecule has 2 aliphatic rings. The van der Waals surface area contributed by atoms with E-state index < -0.39 is 0 Å². The molecule has 0 atom stereocenters. The van der Waals surface area contributed by atoms with Crippen molar-refractivity contribution in [2.75, 3.05) is 4.90 Å². The van der Waals surface area contributed by atoms with Crippen molar-refractivity contribution < 1.29 is 0 Å². The van der Waals surface area contributed by atoms with Gasteiger partial charge in [-0.2, -0.15) is 0 Å². The first-order chi connectivity index (χ1) is 27.6. The Morgan fingerprint density at radius 2 is 1.05 bits per heavy atom. The lowest BCUT2D eigenvalue weighted by Gasteiger charge is -2.28. The molecule has 2 heteroatoms. The molecule has 0 spiro atoms. The van der Waals surface area contributed by atoms with Crippen LogP contribution < -0.4 is 4.90 Å². The molecule has 8 aromatic rings. The number of para-hydroxylation sites is 1. The maximum atomic E-state index is 2.50. The minimum atomic E-state index is -0.108. The summed E-state index contributed by atoms with van der Waals surface area (Å²) in [7, 11) is 0. The van der Waals surface area contributed by atoms with Gasteiger partial charge >= 0.3 is 0 Å². The summed E-state index contributed by atoms with van der Waals surface area (Å²) in [5.41, 5.74) is 19.5. The van der Waals surface area contributed by atoms with Crippen LogP contribution in [-0.2, 0) is 21.7 Å². The molecule has 0 fully saturated rings. The second-order valence-electron chi connectivity index (χ2n) is 19.8. The molecule has 2 nitrogen and oxygen atoms in total. The lowest BCUT2D eigenvalue weighted by atomic mass is 9.82. The van der Waals surface area contributed by atoms with E-state index >= 15 is 0 Å². The Hall–Kier alpha value is -5.86. The molecule has 0 N–H and O–H groups in total. The Balaban J connectivity index is 1.16. The minimum absolute atomic E-state index is 0.108. The molecule has 0 radical (unpaired) electrons. The molecule has 0 aliphatic heterocycles. The second-order valence-corrected chi connectivity index (χ2v) is 19.8. The van der Waals surface area contributed by atoms with Gasteiger partial charge in [0.15, 0.2) is 0 Å². The molecule has 288 valence electrons. The first kappa shape index (κ1) is 36.5. The number of aromatic nitrogens is 1. The average Bonchev–Trinajstić information content (AvgIpc) is 3.72. The van der Waals surface area contributed by atoms with Crippen LogP contribution in [0.3, 0.4) is 0 Å². The van der Waals surface area contributed by atoms with E-state index in [0.717, 1.165) is 23.5 Å². The molecule has 0 amide bonds. The van der Waals surface area contributed by atoms with Gasteiger partial charge in [0.25, 0.3) is 0 Å². The van der Waals surface area contributed by atoms with E-state index in [1.165, 1.54) is 77.6 Å². The van der Waals surface area contributed by atoms with Crippen LogP contribution >= 0.6 is 0 Å². The van der Waals surface area contributed by atoms with Crippen LogP contribution in [-0.4, -0.2) is 4.57 Å². The fourth-order valence-corrected chi connectivity index (χ4v) is 10.7.